The van der Waals surface area contributed by atoms with Gasteiger partial charge in [0.05, 0.1) is 6.61 Å². The van der Waals surface area contributed by atoms with Gasteiger partial charge in [0.2, 0.25) is 0 Å². The van der Waals surface area contributed by atoms with Gasteiger partial charge in [0.15, 0.2) is 0 Å². The van der Waals surface area contributed by atoms with Crippen LogP contribution >= 0.6 is 0 Å². The van der Waals surface area contributed by atoms with Gasteiger partial charge in [-0.1, -0.05) is 38.2 Å². The smallest absolute Gasteiger partial charge is 0.330 e. The Morgan fingerprint density at radius 3 is 2.53 bits per heavy atom. The lowest BCUT2D eigenvalue weighted by Crippen LogP contribution is -2.29. The van der Waals surface area contributed by atoms with E-state index in [1.807, 2.05) is 13.0 Å². The predicted octanol–water partition coefficient (Wildman–Crippen LogP) is 2.81. The van der Waals surface area contributed by atoms with Gasteiger partial charge in [0.25, 0.3) is 0 Å². The highest BCUT2D eigenvalue weighted by molar-refractivity contribution is 5.81. The maximum Gasteiger partial charge on any atom is 0.330 e. The van der Waals surface area contributed by atoms with Gasteiger partial charge in [-0.15, -0.1) is 0 Å². The number of rotatable bonds is 5. The Morgan fingerprint density at radius 2 is 1.88 bits per heavy atom. The minimum atomic E-state index is -0.244. The number of carbonyl (C=O) groups excluding carboxylic acids is 1. The first-order chi connectivity index (χ1) is 8.33. The summed E-state index contributed by atoms with van der Waals surface area (Å²) < 4.78 is 4.82. The molecule has 0 bridgehead atoms. The van der Waals surface area contributed by atoms with Crippen molar-refractivity contribution in [2.24, 2.45) is 0 Å². The summed E-state index contributed by atoms with van der Waals surface area (Å²) >= 11 is 0. The number of nitrogens with one attached hydrogen (secondary N) is 1. The maximum atomic E-state index is 11.1. The third kappa shape index (κ3) is 7.16. The van der Waals surface area contributed by atoms with Gasteiger partial charge in [0, 0.05) is 18.7 Å². The van der Waals surface area contributed by atoms with E-state index >= 15 is 0 Å². The summed E-state index contributed by atoms with van der Waals surface area (Å²) in [6, 6.07) is 0.627. The number of hydrogen-bond acceptors (Lipinski definition) is 3. The molecule has 0 heterocycles. The molecule has 0 aromatic carbocycles. The van der Waals surface area contributed by atoms with Crippen LogP contribution in [0.15, 0.2) is 12.2 Å². The number of carbonyl (C=O) groups is 1. The molecule has 0 spiro atoms. The van der Waals surface area contributed by atoms with Crippen LogP contribution in [0.2, 0.25) is 0 Å². The van der Waals surface area contributed by atoms with Gasteiger partial charge in [0.1, 0.15) is 0 Å². The highest BCUT2D eigenvalue weighted by Gasteiger charge is 2.09. The predicted molar refractivity (Wildman–Crippen MR) is 69.9 cm³/mol. The van der Waals surface area contributed by atoms with E-state index < -0.39 is 0 Å². The molecular formula is C14H25NO2. The molecule has 3 heteroatoms. The molecule has 0 aliphatic heterocycles. The molecule has 0 saturated heterocycles. The van der Waals surface area contributed by atoms with E-state index in [0.29, 0.717) is 12.6 Å². The summed E-state index contributed by atoms with van der Waals surface area (Å²) in [6.07, 6.45) is 12.7. The van der Waals surface area contributed by atoms with Crippen LogP contribution < -0.4 is 5.32 Å². The molecule has 1 rings (SSSR count). The van der Waals surface area contributed by atoms with E-state index in [4.69, 9.17) is 4.74 Å². The topological polar surface area (TPSA) is 38.3 Å². The Bertz CT molecular complexity index is 230. The van der Waals surface area contributed by atoms with Crippen LogP contribution in [0.5, 0.6) is 0 Å². The molecule has 1 fully saturated rings. The van der Waals surface area contributed by atoms with Crippen molar-refractivity contribution >= 4 is 5.97 Å². The van der Waals surface area contributed by atoms with E-state index in [1.54, 1.807) is 0 Å². The summed E-state index contributed by atoms with van der Waals surface area (Å²) in [7, 11) is 0. The Hall–Kier alpha value is -0.830. The molecule has 98 valence electrons. The fourth-order valence-corrected chi connectivity index (χ4v) is 2.24. The van der Waals surface area contributed by atoms with Crippen molar-refractivity contribution in [3.8, 4) is 0 Å². The highest BCUT2D eigenvalue weighted by Crippen LogP contribution is 2.16. The van der Waals surface area contributed by atoms with Crippen molar-refractivity contribution in [2.45, 2.75) is 57.9 Å². The van der Waals surface area contributed by atoms with Crippen molar-refractivity contribution in [2.75, 3.05) is 13.2 Å². The van der Waals surface area contributed by atoms with Gasteiger partial charge in [-0.05, 0) is 19.8 Å². The van der Waals surface area contributed by atoms with Gasteiger partial charge >= 0.3 is 5.97 Å². The lowest BCUT2D eigenvalue weighted by Gasteiger charge is -2.20. The van der Waals surface area contributed by atoms with E-state index in [1.165, 1.54) is 51.0 Å². The van der Waals surface area contributed by atoms with Crippen molar-refractivity contribution < 1.29 is 9.53 Å². The van der Waals surface area contributed by atoms with Gasteiger partial charge in [-0.2, -0.15) is 0 Å². The lowest BCUT2D eigenvalue weighted by molar-refractivity contribution is -0.137. The van der Waals surface area contributed by atoms with E-state index in [2.05, 4.69) is 5.32 Å². The van der Waals surface area contributed by atoms with E-state index in [-0.39, 0.29) is 5.97 Å². The number of esters is 1. The van der Waals surface area contributed by atoms with Crippen LogP contribution in [-0.4, -0.2) is 25.2 Å². The Labute approximate surface area is 105 Å². The maximum absolute atomic E-state index is 11.1. The Kier molecular flexibility index (Phi) is 7.72. The van der Waals surface area contributed by atoms with Crippen molar-refractivity contribution in [3.63, 3.8) is 0 Å². The molecule has 1 N–H and O–H groups in total. The van der Waals surface area contributed by atoms with Crippen LogP contribution in [0, 0.1) is 0 Å². The second kappa shape index (κ2) is 9.23. The third-order valence-corrected chi connectivity index (χ3v) is 3.17. The molecule has 1 saturated carbocycles. The van der Waals surface area contributed by atoms with Crippen LogP contribution in [0.4, 0.5) is 0 Å². The molecule has 0 amide bonds. The molecule has 0 aromatic rings. The van der Waals surface area contributed by atoms with Crippen molar-refractivity contribution in [3.05, 3.63) is 12.2 Å². The van der Waals surface area contributed by atoms with Crippen molar-refractivity contribution in [1.82, 2.24) is 5.32 Å². The first-order valence-corrected chi connectivity index (χ1v) is 6.89. The SMILES string of the molecule is CCOC(=O)/C=C/CNC1CCCCCCC1. The molecule has 3 nitrogen and oxygen atoms in total. The second-order valence-electron chi connectivity index (χ2n) is 4.60. The van der Waals surface area contributed by atoms with Crippen LogP contribution in [-0.2, 0) is 9.53 Å². The summed E-state index contributed by atoms with van der Waals surface area (Å²) in [6.45, 7) is 3.03. The molecule has 17 heavy (non-hydrogen) atoms. The molecule has 0 atom stereocenters. The van der Waals surface area contributed by atoms with E-state index in [9.17, 15) is 4.79 Å². The molecule has 0 unspecified atom stereocenters. The molecular weight excluding hydrogens is 214 g/mol. The summed E-state index contributed by atoms with van der Waals surface area (Å²) in [4.78, 5) is 11.1. The van der Waals surface area contributed by atoms with E-state index in [0.717, 1.165) is 6.54 Å². The Balaban J connectivity index is 2.13. The third-order valence-electron chi connectivity index (χ3n) is 3.17. The highest BCUT2D eigenvalue weighted by atomic mass is 16.5. The van der Waals surface area contributed by atoms with Crippen LogP contribution in [0.1, 0.15) is 51.9 Å². The zero-order valence-electron chi connectivity index (χ0n) is 10.9. The first-order valence-electron chi connectivity index (χ1n) is 6.89. The second-order valence-corrected chi connectivity index (χ2v) is 4.60. The fraction of sp³-hybridized carbons (Fsp3) is 0.786. The first kappa shape index (κ1) is 14.2. The monoisotopic (exact) mass is 239 g/mol. The van der Waals surface area contributed by atoms with Crippen LogP contribution in [0.3, 0.4) is 0 Å². The quantitative estimate of drug-likeness (QED) is 0.592. The molecule has 1 aliphatic rings. The lowest BCUT2D eigenvalue weighted by atomic mass is 9.97. The van der Waals surface area contributed by atoms with Crippen molar-refractivity contribution in [1.29, 1.82) is 0 Å². The average molecular weight is 239 g/mol. The average Bonchev–Trinajstić information content (AvgIpc) is 2.26. The van der Waals surface area contributed by atoms with Gasteiger partial charge in [-0.25, -0.2) is 4.79 Å². The zero-order chi connectivity index (χ0) is 12.3. The summed E-state index contributed by atoms with van der Waals surface area (Å²) in [5.41, 5.74) is 0. The molecule has 0 radical (unpaired) electrons. The number of ether oxygens (including phenoxy) is 1. The largest absolute Gasteiger partial charge is 0.463 e. The molecule has 1 aliphatic carbocycles. The molecule has 0 aromatic heterocycles. The normalized spacial score (nSPS) is 18.9. The Morgan fingerprint density at radius 1 is 1.24 bits per heavy atom. The minimum Gasteiger partial charge on any atom is -0.463 e. The standard InChI is InChI=1S/C14H25NO2/c1-2-17-14(16)11-8-12-15-13-9-6-4-3-5-7-10-13/h8,11,13,15H,2-7,9-10,12H2,1H3/b11-8+. The van der Waals surface area contributed by atoms with Gasteiger partial charge in [-0.3, -0.25) is 0 Å². The fourth-order valence-electron chi connectivity index (χ4n) is 2.24. The zero-order valence-corrected chi connectivity index (χ0v) is 10.9. The summed E-state index contributed by atoms with van der Waals surface area (Å²) in [5.74, 6) is -0.244. The minimum absolute atomic E-state index is 0.244. The van der Waals surface area contributed by atoms with Gasteiger partial charge < -0.3 is 10.1 Å². The summed E-state index contributed by atoms with van der Waals surface area (Å²) in [5, 5.41) is 3.49. The number of hydrogen-bond donors (Lipinski definition) is 1. The van der Waals surface area contributed by atoms with Crippen LogP contribution in [0.25, 0.3) is 0 Å².